The minimum Gasteiger partial charge on any atom is -0.393 e. The summed E-state index contributed by atoms with van der Waals surface area (Å²) >= 11 is 10.9. The zero-order valence-corrected chi connectivity index (χ0v) is 13.0. The third kappa shape index (κ3) is 3.91. The fourth-order valence-electron chi connectivity index (χ4n) is 1.92. The fraction of sp³-hybridized carbons (Fsp3) is 0.429. The summed E-state index contributed by atoms with van der Waals surface area (Å²) in [5, 5.41) is 0.659. The van der Waals surface area contributed by atoms with Crippen LogP contribution in [0.5, 0.6) is 0 Å². The fourth-order valence-corrected chi connectivity index (χ4v) is 2.39. The molecule has 0 aliphatic carbocycles. The van der Waals surface area contributed by atoms with Crippen LogP contribution in [-0.2, 0) is 4.79 Å². The van der Waals surface area contributed by atoms with Gasteiger partial charge in [-0.2, -0.15) is 0 Å². The van der Waals surface area contributed by atoms with Gasteiger partial charge in [0.05, 0.1) is 16.9 Å². The number of nitrogens with two attached hydrogens (primary N) is 1. The molecular weight excluding hydrogens is 280 g/mol. The van der Waals surface area contributed by atoms with Crippen molar-refractivity contribution >= 4 is 34.7 Å². The Hall–Kier alpha value is -1.13. The van der Waals surface area contributed by atoms with E-state index in [0.717, 1.165) is 5.56 Å². The standard InChI is InChI=1S/C14H19ClN2OS/c1-4-12(13(16)19)14(18)17(3)9(2)10-6-5-7-11(15)8-10/h5-9,12H,4H2,1-3H3,(H2,16,19). The molecule has 0 aliphatic rings. The van der Waals surface area contributed by atoms with E-state index in [-0.39, 0.29) is 16.9 Å². The molecule has 3 nitrogen and oxygen atoms in total. The van der Waals surface area contributed by atoms with Gasteiger partial charge in [-0.25, -0.2) is 0 Å². The predicted octanol–water partition coefficient (Wildman–Crippen LogP) is 3.17. The molecule has 2 N–H and O–H groups in total. The van der Waals surface area contributed by atoms with Crippen molar-refractivity contribution < 1.29 is 4.79 Å². The van der Waals surface area contributed by atoms with Gasteiger partial charge in [0.15, 0.2) is 0 Å². The molecule has 1 rings (SSSR count). The Labute approximate surface area is 124 Å². The highest BCUT2D eigenvalue weighted by Gasteiger charge is 2.26. The number of carbonyl (C=O) groups excluding carboxylic acids is 1. The van der Waals surface area contributed by atoms with Crippen molar-refractivity contribution in [2.75, 3.05) is 7.05 Å². The van der Waals surface area contributed by atoms with Gasteiger partial charge in [-0.15, -0.1) is 0 Å². The molecule has 19 heavy (non-hydrogen) atoms. The van der Waals surface area contributed by atoms with Crippen LogP contribution in [0.3, 0.4) is 0 Å². The van der Waals surface area contributed by atoms with E-state index in [4.69, 9.17) is 29.6 Å². The van der Waals surface area contributed by atoms with Gasteiger partial charge >= 0.3 is 0 Å². The average Bonchev–Trinajstić information content (AvgIpc) is 2.37. The number of hydrogen-bond donors (Lipinski definition) is 1. The molecule has 104 valence electrons. The van der Waals surface area contributed by atoms with Crippen LogP contribution in [0.4, 0.5) is 0 Å². The Morgan fingerprint density at radius 2 is 2.16 bits per heavy atom. The topological polar surface area (TPSA) is 46.3 Å². The summed E-state index contributed by atoms with van der Waals surface area (Å²) in [5.41, 5.74) is 6.60. The molecule has 0 aliphatic heterocycles. The van der Waals surface area contributed by atoms with E-state index >= 15 is 0 Å². The molecule has 1 aromatic rings. The van der Waals surface area contributed by atoms with Crippen LogP contribution in [0.15, 0.2) is 24.3 Å². The number of carbonyl (C=O) groups is 1. The van der Waals surface area contributed by atoms with Crippen molar-refractivity contribution in [2.45, 2.75) is 26.3 Å². The Morgan fingerprint density at radius 3 is 2.63 bits per heavy atom. The van der Waals surface area contributed by atoms with Crippen molar-refractivity contribution in [3.8, 4) is 0 Å². The lowest BCUT2D eigenvalue weighted by Crippen LogP contribution is -2.40. The largest absolute Gasteiger partial charge is 0.393 e. The molecule has 5 heteroatoms. The molecule has 0 fully saturated rings. The summed E-state index contributed by atoms with van der Waals surface area (Å²) in [7, 11) is 1.76. The molecule has 0 spiro atoms. The predicted molar refractivity (Wildman–Crippen MR) is 83.2 cm³/mol. The van der Waals surface area contributed by atoms with Crippen molar-refractivity contribution in [1.82, 2.24) is 4.90 Å². The van der Waals surface area contributed by atoms with Crippen molar-refractivity contribution in [1.29, 1.82) is 0 Å². The normalized spacial score (nSPS) is 13.7. The van der Waals surface area contributed by atoms with Crippen molar-refractivity contribution in [3.63, 3.8) is 0 Å². The first-order chi connectivity index (χ1) is 8.88. The number of thiocarbonyl (C=S) groups is 1. The zero-order valence-electron chi connectivity index (χ0n) is 11.4. The van der Waals surface area contributed by atoms with Crippen LogP contribution in [0.25, 0.3) is 0 Å². The van der Waals surface area contributed by atoms with Crippen LogP contribution in [0.1, 0.15) is 31.9 Å². The summed E-state index contributed by atoms with van der Waals surface area (Å²) < 4.78 is 0. The third-order valence-corrected chi connectivity index (χ3v) is 3.83. The second kappa shape index (κ2) is 6.87. The van der Waals surface area contributed by atoms with Gasteiger partial charge in [-0.3, -0.25) is 4.79 Å². The Kier molecular flexibility index (Phi) is 5.76. The minimum absolute atomic E-state index is 0.0533. The van der Waals surface area contributed by atoms with Gasteiger partial charge in [0, 0.05) is 12.1 Å². The van der Waals surface area contributed by atoms with Gasteiger partial charge in [-0.1, -0.05) is 42.9 Å². The molecule has 1 amide bonds. The van der Waals surface area contributed by atoms with Crippen molar-refractivity contribution in [2.24, 2.45) is 11.7 Å². The van der Waals surface area contributed by atoms with E-state index in [1.54, 1.807) is 11.9 Å². The highest BCUT2D eigenvalue weighted by Crippen LogP contribution is 2.23. The van der Waals surface area contributed by atoms with Crippen LogP contribution in [0, 0.1) is 5.92 Å². The van der Waals surface area contributed by atoms with Gasteiger partial charge in [0.1, 0.15) is 0 Å². The number of amides is 1. The van der Waals surface area contributed by atoms with Crippen LogP contribution in [0.2, 0.25) is 5.02 Å². The van der Waals surface area contributed by atoms with Crippen LogP contribution in [-0.4, -0.2) is 22.8 Å². The van der Waals surface area contributed by atoms with E-state index in [2.05, 4.69) is 0 Å². The Bertz CT molecular complexity index is 478. The smallest absolute Gasteiger partial charge is 0.232 e. The third-order valence-electron chi connectivity index (χ3n) is 3.31. The first-order valence-electron chi connectivity index (χ1n) is 6.20. The summed E-state index contributed by atoms with van der Waals surface area (Å²) in [6.45, 7) is 3.86. The maximum atomic E-state index is 12.3. The first-order valence-corrected chi connectivity index (χ1v) is 6.98. The minimum atomic E-state index is -0.401. The van der Waals surface area contributed by atoms with Crippen molar-refractivity contribution in [3.05, 3.63) is 34.9 Å². The maximum absolute atomic E-state index is 12.3. The lowest BCUT2D eigenvalue weighted by molar-refractivity contribution is -0.134. The van der Waals surface area contributed by atoms with E-state index in [1.165, 1.54) is 0 Å². The zero-order chi connectivity index (χ0) is 14.6. The van der Waals surface area contributed by atoms with Crippen LogP contribution >= 0.6 is 23.8 Å². The summed E-state index contributed by atoms with van der Waals surface area (Å²) in [5.74, 6) is -0.455. The lowest BCUT2D eigenvalue weighted by atomic mass is 10.0. The summed E-state index contributed by atoms with van der Waals surface area (Å²) in [6.07, 6.45) is 0.612. The molecule has 2 atom stereocenters. The number of halogens is 1. The molecule has 0 saturated carbocycles. The molecule has 0 saturated heterocycles. The van der Waals surface area contributed by atoms with E-state index in [1.807, 2.05) is 38.1 Å². The number of benzene rings is 1. The Morgan fingerprint density at radius 1 is 1.53 bits per heavy atom. The molecule has 0 aromatic heterocycles. The van der Waals surface area contributed by atoms with E-state index in [0.29, 0.717) is 11.4 Å². The first kappa shape index (κ1) is 15.9. The van der Waals surface area contributed by atoms with Gasteiger partial charge < -0.3 is 10.6 Å². The number of nitrogens with zero attached hydrogens (tertiary/aromatic N) is 1. The average molecular weight is 299 g/mol. The highest BCUT2D eigenvalue weighted by atomic mass is 35.5. The molecule has 0 bridgehead atoms. The number of rotatable bonds is 5. The molecule has 0 radical (unpaired) electrons. The molecular formula is C14H19ClN2OS. The second-order valence-corrected chi connectivity index (χ2v) is 5.45. The van der Waals surface area contributed by atoms with E-state index < -0.39 is 5.92 Å². The Balaban J connectivity index is 2.90. The molecule has 1 aromatic carbocycles. The molecule has 2 unspecified atom stereocenters. The summed E-state index contributed by atoms with van der Waals surface area (Å²) in [4.78, 5) is 14.3. The van der Waals surface area contributed by atoms with Gasteiger partial charge in [0.2, 0.25) is 5.91 Å². The van der Waals surface area contributed by atoms with Gasteiger partial charge in [0.25, 0.3) is 0 Å². The van der Waals surface area contributed by atoms with Crippen LogP contribution < -0.4 is 5.73 Å². The quantitative estimate of drug-likeness (QED) is 0.849. The maximum Gasteiger partial charge on any atom is 0.232 e. The highest BCUT2D eigenvalue weighted by molar-refractivity contribution is 7.80. The SMILES string of the molecule is CCC(C(=O)N(C)C(C)c1cccc(Cl)c1)C(N)=S. The second-order valence-electron chi connectivity index (χ2n) is 4.54. The lowest BCUT2D eigenvalue weighted by Gasteiger charge is -2.28. The molecule has 0 heterocycles. The van der Waals surface area contributed by atoms with E-state index in [9.17, 15) is 4.79 Å². The summed E-state index contributed by atoms with van der Waals surface area (Å²) in [6, 6.07) is 7.41. The monoisotopic (exact) mass is 298 g/mol. The van der Waals surface area contributed by atoms with Gasteiger partial charge in [-0.05, 0) is 31.0 Å². The number of hydrogen-bond acceptors (Lipinski definition) is 2.